The molecule has 2 aliphatic carbocycles. The van der Waals surface area contributed by atoms with Crippen molar-refractivity contribution < 1.29 is 17.9 Å². The van der Waals surface area contributed by atoms with Crippen molar-refractivity contribution in [2.75, 3.05) is 0 Å². The minimum Gasteiger partial charge on any atom is -0.490 e. The molecule has 2 heterocycles. The third-order valence-electron chi connectivity index (χ3n) is 9.84. The Hall–Kier alpha value is -5.81. The van der Waals surface area contributed by atoms with Gasteiger partial charge in [-0.25, -0.2) is 13.1 Å². The third-order valence-corrected chi connectivity index (χ3v) is 12.9. The summed E-state index contributed by atoms with van der Waals surface area (Å²) in [6.45, 7) is 11.1. The Bertz CT molecular complexity index is 2730. The Morgan fingerprint density at radius 3 is 1.71 bits per heavy atom. The summed E-state index contributed by atoms with van der Waals surface area (Å²) in [5.74, 6) is 1.14. The molecule has 0 spiro atoms. The summed E-state index contributed by atoms with van der Waals surface area (Å²) in [6, 6.07) is 27.2. The molecule has 2 aromatic heterocycles. The number of nitrogens with one attached hydrogen (secondary N) is 1. The van der Waals surface area contributed by atoms with Gasteiger partial charge in [0.25, 0.3) is 0 Å². The zero-order valence-corrected chi connectivity index (χ0v) is 35.4. The lowest BCUT2D eigenvalue weighted by molar-refractivity contribution is 0.241. The van der Waals surface area contributed by atoms with E-state index in [2.05, 4.69) is 56.0 Å². The number of fused-ring (bicyclic) bond motifs is 2. The molecular weight excluding hydrogens is 801 g/mol. The fraction of sp³-hybridized carbons (Fsp3) is 0.273. The van der Waals surface area contributed by atoms with Gasteiger partial charge in [-0.05, 0) is 112 Å². The van der Waals surface area contributed by atoms with Crippen LogP contribution in [0.1, 0.15) is 86.0 Å². The monoisotopic (exact) mass is 842 g/mol. The minimum absolute atomic E-state index is 0.0163. The fourth-order valence-electron chi connectivity index (χ4n) is 7.22. The third kappa shape index (κ3) is 9.10. The summed E-state index contributed by atoms with van der Waals surface area (Å²) in [7, 11) is -3.52. The lowest BCUT2D eigenvalue weighted by atomic mass is 10.0. The first kappa shape index (κ1) is 41.4. The van der Waals surface area contributed by atoms with E-state index in [1.807, 2.05) is 76.2 Å². The first-order valence-corrected chi connectivity index (χ1v) is 22.3. The van der Waals surface area contributed by atoms with E-state index in [9.17, 15) is 18.9 Å². The summed E-state index contributed by atoms with van der Waals surface area (Å²) >= 11 is 2.97. The van der Waals surface area contributed by atoms with Gasteiger partial charge in [0, 0.05) is 39.7 Å². The number of hydrogen-bond acceptors (Lipinski definition) is 13. The van der Waals surface area contributed by atoms with E-state index in [0.717, 1.165) is 73.1 Å². The van der Waals surface area contributed by atoms with Crippen LogP contribution in [-0.2, 0) is 22.9 Å². The number of nitrogens with zero attached hydrogens (tertiary/aromatic N) is 6. The highest BCUT2D eigenvalue weighted by molar-refractivity contribution is 7.92. The largest absolute Gasteiger partial charge is 0.490 e. The highest BCUT2D eigenvalue weighted by Crippen LogP contribution is 2.42. The first-order valence-electron chi connectivity index (χ1n) is 19.1. The topological polar surface area (TPSA) is 190 Å². The summed E-state index contributed by atoms with van der Waals surface area (Å²) in [5, 5.41) is 40.5. The Morgan fingerprint density at radius 1 is 0.746 bits per heavy atom. The van der Waals surface area contributed by atoms with Gasteiger partial charge in [-0.15, -0.1) is 20.4 Å². The molecule has 0 amide bonds. The number of nitriles is 2. The van der Waals surface area contributed by atoms with Crippen LogP contribution in [0, 0.1) is 22.7 Å². The van der Waals surface area contributed by atoms with E-state index in [1.165, 1.54) is 33.8 Å². The van der Waals surface area contributed by atoms with E-state index in [-0.39, 0.29) is 24.3 Å². The molecule has 8 rings (SSSR count). The molecule has 0 fully saturated rings. The van der Waals surface area contributed by atoms with Crippen molar-refractivity contribution in [2.24, 2.45) is 5.73 Å². The average Bonchev–Trinajstić information content (AvgIpc) is 4.06. The summed E-state index contributed by atoms with van der Waals surface area (Å²) in [6.07, 6.45) is 3.35. The molecule has 2 aliphatic rings. The van der Waals surface area contributed by atoms with E-state index < -0.39 is 10.0 Å². The number of ether oxygens (including phenoxy) is 2. The van der Waals surface area contributed by atoms with Crippen LogP contribution in [0.15, 0.2) is 84.8 Å². The highest BCUT2D eigenvalue weighted by Gasteiger charge is 2.29. The van der Waals surface area contributed by atoms with Crippen molar-refractivity contribution in [3.63, 3.8) is 0 Å². The van der Waals surface area contributed by atoms with Crippen LogP contribution in [0.5, 0.6) is 11.5 Å². The molecule has 0 unspecified atom stereocenters. The van der Waals surface area contributed by atoms with E-state index >= 15 is 0 Å². The number of sulfonamides is 1. The second kappa shape index (κ2) is 17.6. The summed E-state index contributed by atoms with van der Waals surface area (Å²) < 4.78 is 37.9. The van der Waals surface area contributed by atoms with Crippen LogP contribution in [-0.4, -0.2) is 41.0 Å². The molecule has 2 atom stereocenters. The van der Waals surface area contributed by atoms with Crippen molar-refractivity contribution in [2.45, 2.75) is 77.7 Å². The van der Waals surface area contributed by atoms with E-state index in [4.69, 9.17) is 15.2 Å². The van der Waals surface area contributed by atoms with Gasteiger partial charge >= 0.3 is 0 Å². The molecule has 300 valence electrons. The minimum atomic E-state index is -3.52. The summed E-state index contributed by atoms with van der Waals surface area (Å²) in [5.41, 5.74) is 15.4. The quantitative estimate of drug-likeness (QED) is 0.127. The Morgan fingerprint density at radius 2 is 1.22 bits per heavy atom. The van der Waals surface area contributed by atoms with Crippen LogP contribution in [0.25, 0.3) is 42.3 Å². The molecule has 0 saturated heterocycles. The van der Waals surface area contributed by atoms with Gasteiger partial charge in [0.15, 0.2) is 0 Å². The number of rotatable bonds is 11. The number of nitrogens with two attached hydrogens (primary N) is 1. The van der Waals surface area contributed by atoms with Gasteiger partial charge in [0.1, 0.15) is 43.7 Å². The number of benzene rings is 4. The Labute approximate surface area is 352 Å². The van der Waals surface area contributed by atoms with Crippen LogP contribution < -0.4 is 19.9 Å². The number of aromatic nitrogens is 4. The van der Waals surface area contributed by atoms with Crippen LogP contribution in [0.2, 0.25) is 0 Å². The summed E-state index contributed by atoms with van der Waals surface area (Å²) in [4.78, 5) is 0. The van der Waals surface area contributed by atoms with Crippen molar-refractivity contribution in [1.82, 2.24) is 25.1 Å². The Kier molecular flexibility index (Phi) is 12.3. The lowest BCUT2D eigenvalue weighted by Crippen LogP contribution is -2.25. The second-order valence-corrected chi connectivity index (χ2v) is 18.2. The SMILES string of the molecule is C=CS(=O)(=O)N[C@H]1CCc2c(-c3nnc(-c4ccc(OC(C)C)c(C#N)c4)s3)cccc21.CC(C)Oc1ccc(-c2nnc(-c3cccc4c3CC[C@@H]4N)s2)cc1C#N. The van der Waals surface area contributed by atoms with Crippen LogP contribution in [0.3, 0.4) is 0 Å². The highest BCUT2D eigenvalue weighted by atomic mass is 32.2. The maximum atomic E-state index is 11.9. The Balaban J connectivity index is 0.000000181. The molecule has 0 radical (unpaired) electrons. The maximum absolute atomic E-state index is 11.9. The molecule has 15 heteroatoms. The van der Waals surface area contributed by atoms with Gasteiger partial charge < -0.3 is 15.2 Å². The van der Waals surface area contributed by atoms with Gasteiger partial charge in [0.05, 0.1) is 23.3 Å². The van der Waals surface area contributed by atoms with E-state index in [0.29, 0.717) is 34.1 Å². The lowest BCUT2D eigenvalue weighted by Gasteiger charge is -2.13. The van der Waals surface area contributed by atoms with Gasteiger partial charge in [-0.3, -0.25) is 0 Å². The molecule has 0 bridgehead atoms. The van der Waals surface area contributed by atoms with Crippen LogP contribution in [0.4, 0.5) is 0 Å². The zero-order chi connectivity index (χ0) is 41.8. The predicted molar refractivity (Wildman–Crippen MR) is 231 cm³/mol. The smallest absolute Gasteiger partial charge is 0.233 e. The molecule has 3 N–H and O–H groups in total. The molecule has 59 heavy (non-hydrogen) atoms. The van der Waals surface area contributed by atoms with Crippen molar-refractivity contribution in [3.05, 3.63) is 118 Å². The van der Waals surface area contributed by atoms with E-state index in [1.54, 1.807) is 12.1 Å². The van der Waals surface area contributed by atoms with Crippen molar-refractivity contribution >= 4 is 32.7 Å². The molecule has 0 saturated carbocycles. The first-order chi connectivity index (χ1) is 28.4. The van der Waals surface area contributed by atoms with Gasteiger partial charge in [-0.1, -0.05) is 65.7 Å². The predicted octanol–water partition coefficient (Wildman–Crippen LogP) is 9.06. The molecular formula is C44H42N8O4S3. The normalized spacial score (nSPS) is 15.5. The van der Waals surface area contributed by atoms with Gasteiger partial charge in [-0.2, -0.15) is 10.5 Å². The average molecular weight is 843 g/mol. The van der Waals surface area contributed by atoms with Crippen LogP contribution >= 0.6 is 22.7 Å². The maximum Gasteiger partial charge on any atom is 0.233 e. The molecule has 4 aromatic carbocycles. The molecule has 6 aromatic rings. The zero-order valence-electron chi connectivity index (χ0n) is 33.0. The van der Waals surface area contributed by atoms with Crippen molar-refractivity contribution in [3.8, 4) is 65.9 Å². The standard InChI is InChI=1S/C23H22N4O3S2.C21H20N4OS/c1-4-32(28,29)27-20-10-9-17-18(20)6-5-7-19(17)23-26-25-22(31-23)15-8-11-21(30-14(2)3)16(12-15)13-24;1-12(2)26-19-9-6-13(10-14(19)11-22)20-24-25-21(27-20)17-5-3-4-16-15(17)7-8-18(16)23/h4-8,11-12,14,20,27H,1,9-10H2,2-3H3;3-6,9-10,12,18H,7-8,23H2,1-2H3/t20-;18-/m00/s1. The van der Waals surface area contributed by atoms with Crippen molar-refractivity contribution in [1.29, 1.82) is 10.5 Å². The molecule has 0 aliphatic heterocycles. The second-order valence-electron chi connectivity index (χ2n) is 14.6. The number of hydrogen-bond donors (Lipinski definition) is 2. The van der Waals surface area contributed by atoms with Gasteiger partial charge in [0.2, 0.25) is 10.0 Å². The molecule has 12 nitrogen and oxygen atoms in total. The fourth-order valence-corrected chi connectivity index (χ4v) is 9.74.